The van der Waals surface area contributed by atoms with Crippen molar-refractivity contribution in [1.82, 2.24) is 9.55 Å². The van der Waals surface area contributed by atoms with Crippen LogP contribution in [0.3, 0.4) is 0 Å². The highest BCUT2D eigenvalue weighted by molar-refractivity contribution is 7.84. The van der Waals surface area contributed by atoms with Crippen LogP contribution in [0.15, 0.2) is 18.2 Å². The molecule has 2 unspecified atom stereocenters. The maximum absolute atomic E-state index is 11.3. The van der Waals surface area contributed by atoms with Crippen molar-refractivity contribution in [2.24, 2.45) is 0 Å². The van der Waals surface area contributed by atoms with Gasteiger partial charge >= 0.3 is 5.97 Å². The zero-order chi connectivity index (χ0) is 15.6. The van der Waals surface area contributed by atoms with Gasteiger partial charge in [-0.1, -0.05) is 13.0 Å². The van der Waals surface area contributed by atoms with Crippen LogP contribution in [0.2, 0.25) is 0 Å². The van der Waals surface area contributed by atoms with E-state index in [0.29, 0.717) is 11.3 Å². The lowest BCUT2D eigenvalue weighted by Gasteiger charge is -2.16. The Balaban J connectivity index is 2.54. The van der Waals surface area contributed by atoms with Crippen molar-refractivity contribution in [2.45, 2.75) is 32.7 Å². The summed E-state index contributed by atoms with van der Waals surface area (Å²) in [6.07, 6.45) is 3.20. The highest BCUT2D eigenvalue weighted by atomic mass is 32.2. The van der Waals surface area contributed by atoms with E-state index in [1.807, 2.05) is 13.0 Å². The molecule has 0 radical (unpaired) electrons. The Morgan fingerprint density at radius 3 is 2.76 bits per heavy atom. The highest BCUT2D eigenvalue weighted by Crippen LogP contribution is 2.26. The van der Waals surface area contributed by atoms with Crippen molar-refractivity contribution in [1.29, 1.82) is 0 Å². The fourth-order valence-electron chi connectivity index (χ4n) is 2.54. The molecule has 0 bridgehead atoms. The van der Waals surface area contributed by atoms with Gasteiger partial charge in [0.2, 0.25) is 0 Å². The first-order chi connectivity index (χ1) is 9.95. The van der Waals surface area contributed by atoms with Gasteiger partial charge in [-0.05, 0) is 25.5 Å². The molecule has 1 aromatic carbocycles. The van der Waals surface area contributed by atoms with E-state index in [0.717, 1.165) is 24.2 Å². The molecule has 1 N–H and O–H groups in total. The first kappa shape index (κ1) is 15.7. The van der Waals surface area contributed by atoms with Crippen molar-refractivity contribution >= 4 is 27.8 Å². The number of aromatic carboxylic acids is 1. The minimum atomic E-state index is -0.963. The Morgan fingerprint density at radius 2 is 2.19 bits per heavy atom. The maximum Gasteiger partial charge on any atom is 0.337 e. The van der Waals surface area contributed by atoms with Crippen LogP contribution in [0.4, 0.5) is 0 Å². The normalized spacial score (nSPS) is 14.2. The average Bonchev–Trinajstić information content (AvgIpc) is 2.82. The van der Waals surface area contributed by atoms with Gasteiger partial charge in [-0.15, -0.1) is 0 Å². The fourth-order valence-corrected chi connectivity index (χ4v) is 3.22. The number of para-hydroxylation sites is 1. The van der Waals surface area contributed by atoms with Gasteiger partial charge in [-0.2, -0.15) is 0 Å². The molecule has 114 valence electrons. The van der Waals surface area contributed by atoms with E-state index in [1.165, 1.54) is 0 Å². The maximum atomic E-state index is 11.3. The average molecular weight is 308 g/mol. The van der Waals surface area contributed by atoms with E-state index in [2.05, 4.69) is 16.5 Å². The van der Waals surface area contributed by atoms with Crippen molar-refractivity contribution in [2.75, 3.05) is 12.0 Å². The molecule has 1 heterocycles. The van der Waals surface area contributed by atoms with Gasteiger partial charge in [0.05, 0.1) is 11.1 Å². The first-order valence-electron chi connectivity index (χ1n) is 6.98. The zero-order valence-electron chi connectivity index (χ0n) is 12.5. The molecule has 21 heavy (non-hydrogen) atoms. The molecule has 0 saturated heterocycles. The van der Waals surface area contributed by atoms with Crippen LogP contribution in [0, 0.1) is 0 Å². The Bertz CT molecular complexity index is 694. The summed E-state index contributed by atoms with van der Waals surface area (Å²) in [4.78, 5) is 15.8. The van der Waals surface area contributed by atoms with Crippen molar-refractivity contribution < 1.29 is 14.1 Å². The van der Waals surface area contributed by atoms with Gasteiger partial charge in [-0.25, -0.2) is 9.78 Å². The molecular formula is C15H20N2O3S. The lowest BCUT2D eigenvalue weighted by molar-refractivity contribution is 0.0699. The molecule has 0 amide bonds. The molecule has 0 aliphatic rings. The van der Waals surface area contributed by atoms with E-state index in [1.54, 1.807) is 18.4 Å². The summed E-state index contributed by atoms with van der Waals surface area (Å²) in [5.41, 5.74) is 1.60. The smallest absolute Gasteiger partial charge is 0.337 e. The third kappa shape index (κ3) is 3.15. The van der Waals surface area contributed by atoms with Gasteiger partial charge in [0, 0.05) is 35.3 Å². The third-order valence-corrected chi connectivity index (χ3v) is 4.41. The Labute approximate surface area is 126 Å². The number of nitrogens with zero attached hydrogens (tertiary/aromatic N) is 2. The number of benzene rings is 1. The summed E-state index contributed by atoms with van der Waals surface area (Å²) in [7, 11) is -0.830. The van der Waals surface area contributed by atoms with Gasteiger partial charge in [0.1, 0.15) is 11.3 Å². The number of hydrogen-bond donors (Lipinski definition) is 1. The number of rotatable bonds is 6. The van der Waals surface area contributed by atoms with Crippen LogP contribution in [0.25, 0.3) is 11.0 Å². The molecule has 2 rings (SSSR count). The minimum absolute atomic E-state index is 0.137. The lowest BCUT2D eigenvalue weighted by atomic mass is 10.1. The fraction of sp³-hybridized carbons (Fsp3) is 0.467. The summed E-state index contributed by atoms with van der Waals surface area (Å²) in [5.74, 6) is 0.533. The van der Waals surface area contributed by atoms with E-state index >= 15 is 0 Å². The number of carboxylic acids is 1. The predicted octanol–water partition coefficient (Wildman–Crippen LogP) is 2.63. The molecule has 0 aliphatic carbocycles. The number of carboxylic acid groups (broad SMARTS) is 1. The largest absolute Gasteiger partial charge is 0.478 e. The number of fused-ring (bicyclic) bond motifs is 1. The lowest BCUT2D eigenvalue weighted by Crippen LogP contribution is -2.12. The summed E-state index contributed by atoms with van der Waals surface area (Å²) < 4.78 is 13.4. The van der Waals surface area contributed by atoms with Crippen LogP contribution >= 0.6 is 0 Å². The van der Waals surface area contributed by atoms with Crippen LogP contribution in [0.1, 0.15) is 42.5 Å². The van der Waals surface area contributed by atoms with E-state index < -0.39 is 16.8 Å². The highest BCUT2D eigenvalue weighted by Gasteiger charge is 2.19. The SMILES string of the molecule is CCc1nc2c(C(=O)O)cccc2n1C(C)CCS(C)=O. The van der Waals surface area contributed by atoms with E-state index in [9.17, 15) is 14.1 Å². The second-order valence-corrected chi connectivity index (χ2v) is 6.70. The number of carbonyl (C=O) groups is 1. The molecule has 5 nitrogen and oxygen atoms in total. The van der Waals surface area contributed by atoms with Crippen molar-refractivity contribution in [3.63, 3.8) is 0 Å². The molecule has 0 spiro atoms. The van der Waals surface area contributed by atoms with Crippen LogP contribution in [0.5, 0.6) is 0 Å². The Morgan fingerprint density at radius 1 is 1.48 bits per heavy atom. The molecule has 1 aromatic heterocycles. The number of aryl methyl sites for hydroxylation is 1. The van der Waals surface area contributed by atoms with Crippen molar-refractivity contribution in [3.8, 4) is 0 Å². The summed E-state index contributed by atoms with van der Waals surface area (Å²) >= 11 is 0. The third-order valence-electron chi connectivity index (χ3n) is 3.60. The van der Waals surface area contributed by atoms with Crippen molar-refractivity contribution in [3.05, 3.63) is 29.6 Å². The summed E-state index contributed by atoms with van der Waals surface area (Å²) in [5, 5.41) is 9.28. The Hall–Kier alpha value is -1.69. The molecular weight excluding hydrogens is 288 g/mol. The predicted molar refractivity (Wildman–Crippen MR) is 84.3 cm³/mol. The monoisotopic (exact) mass is 308 g/mol. The number of imidazole rings is 1. The minimum Gasteiger partial charge on any atom is -0.478 e. The van der Waals surface area contributed by atoms with Gasteiger partial charge in [0.25, 0.3) is 0 Å². The molecule has 0 aliphatic heterocycles. The summed E-state index contributed by atoms with van der Waals surface area (Å²) in [6.45, 7) is 4.06. The van der Waals surface area contributed by atoms with Gasteiger partial charge in [-0.3, -0.25) is 4.21 Å². The Kier molecular flexibility index (Phi) is 4.77. The molecule has 2 aromatic rings. The molecule has 2 atom stereocenters. The topological polar surface area (TPSA) is 72.2 Å². The number of aromatic nitrogens is 2. The van der Waals surface area contributed by atoms with Crippen LogP contribution in [-0.4, -0.2) is 36.8 Å². The molecule has 0 fully saturated rings. The number of hydrogen-bond acceptors (Lipinski definition) is 3. The standard InChI is InChI=1S/C15H20N2O3S/c1-4-13-16-14-11(15(18)19)6-5-7-12(14)17(13)10(2)8-9-21(3)20/h5-7,10H,4,8-9H2,1-3H3,(H,18,19). The first-order valence-corrected chi connectivity index (χ1v) is 8.71. The van der Waals surface area contributed by atoms with Gasteiger partial charge < -0.3 is 9.67 Å². The van der Waals surface area contributed by atoms with E-state index in [-0.39, 0.29) is 11.6 Å². The van der Waals surface area contributed by atoms with Gasteiger partial charge in [0.15, 0.2) is 0 Å². The van der Waals surface area contributed by atoms with Crippen LogP contribution in [-0.2, 0) is 17.2 Å². The molecule has 6 heteroatoms. The zero-order valence-corrected chi connectivity index (χ0v) is 13.3. The second kappa shape index (κ2) is 6.39. The molecule has 0 saturated carbocycles. The quantitative estimate of drug-likeness (QED) is 0.890. The van der Waals surface area contributed by atoms with Crippen LogP contribution < -0.4 is 0 Å². The van der Waals surface area contributed by atoms with E-state index in [4.69, 9.17) is 0 Å². The second-order valence-electron chi connectivity index (χ2n) is 5.15. The summed E-state index contributed by atoms with van der Waals surface area (Å²) in [6, 6.07) is 5.35.